The summed E-state index contributed by atoms with van der Waals surface area (Å²) in [5, 5.41) is 19.1. The van der Waals surface area contributed by atoms with Crippen LogP contribution in [-0.2, 0) is 14.3 Å². The van der Waals surface area contributed by atoms with Gasteiger partial charge in [-0.1, -0.05) is 26.3 Å². The van der Waals surface area contributed by atoms with Crippen molar-refractivity contribution in [3.63, 3.8) is 0 Å². The molecule has 0 spiro atoms. The number of aliphatic hydroxyl groups is 2. The quantitative estimate of drug-likeness (QED) is 0.449. The third kappa shape index (κ3) is 5.93. The zero-order valence-electron chi connectivity index (χ0n) is 11.6. The van der Waals surface area contributed by atoms with Crippen molar-refractivity contribution < 1.29 is 24.5 Å². The number of rotatable bonds is 4. The highest BCUT2D eigenvalue weighted by Gasteiger charge is 2.41. The van der Waals surface area contributed by atoms with Gasteiger partial charge in [0.2, 0.25) is 0 Å². The Morgan fingerprint density at radius 2 is 1.72 bits per heavy atom. The molecule has 0 aliphatic heterocycles. The highest BCUT2D eigenvalue weighted by molar-refractivity contribution is 5.95. The van der Waals surface area contributed by atoms with Crippen LogP contribution >= 0.6 is 0 Å². The van der Waals surface area contributed by atoms with Gasteiger partial charge < -0.3 is 14.9 Å². The number of carbonyl (C=O) groups is 2. The van der Waals surface area contributed by atoms with Crippen molar-refractivity contribution >= 4 is 11.9 Å². The molecular formula is C13H22O5. The fourth-order valence-corrected chi connectivity index (χ4v) is 1.52. The van der Waals surface area contributed by atoms with Gasteiger partial charge in [-0.3, -0.25) is 0 Å². The summed E-state index contributed by atoms with van der Waals surface area (Å²) in [6.07, 6.45) is 1.14. The average Bonchev–Trinajstić information content (AvgIpc) is 2.13. The summed E-state index contributed by atoms with van der Waals surface area (Å²) in [5.74, 6) is -1.97. The van der Waals surface area contributed by atoms with Crippen LogP contribution in [-0.4, -0.2) is 34.4 Å². The third-order valence-corrected chi connectivity index (χ3v) is 2.06. The minimum absolute atomic E-state index is 0.00254. The molecular weight excluding hydrogens is 236 g/mol. The van der Waals surface area contributed by atoms with Gasteiger partial charge in [0.1, 0.15) is 0 Å². The second kappa shape index (κ2) is 6.11. The highest BCUT2D eigenvalue weighted by atomic mass is 16.6. The van der Waals surface area contributed by atoms with E-state index in [0.717, 1.165) is 6.08 Å². The van der Waals surface area contributed by atoms with E-state index in [-0.39, 0.29) is 6.42 Å². The monoisotopic (exact) mass is 258 g/mol. The molecule has 1 unspecified atom stereocenters. The number of hydrogen-bond donors (Lipinski definition) is 2. The molecule has 0 fully saturated rings. The first-order chi connectivity index (χ1) is 8.00. The van der Waals surface area contributed by atoms with Gasteiger partial charge in [-0.05, 0) is 25.7 Å². The first-order valence-electron chi connectivity index (χ1n) is 5.74. The Morgan fingerprint density at radius 1 is 1.22 bits per heavy atom. The second-order valence-corrected chi connectivity index (χ2v) is 5.86. The van der Waals surface area contributed by atoms with Crippen LogP contribution in [0.5, 0.6) is 0 Å². The summed E-state index contributed by atoms with van der Waals surface area (Å²) in [4.78, 5) is 23.0. The van der Waals surface area contributed by atoms with E-state index < -0.39 is 29.6 Å². The van der Waals surface area contributed by atoms with Crippen LogP contribution in [0.4, 0.5) is 0 Å². The minimum atomic E-state index is -2.05. The van der Waals surface area contributed by atoms with Crippen molar-refractivity contribution in [2.75, 3.05) is 6.61 Å². The lowest BCUT2D eigenvalue weighted by Crippen LogP contribution is -2.47. The normalized spacial score (nSPS) is 14.6. The van der Waals surface area contributed by atoms with Crippen LogP contribution < -0.4 is 0 Å². The Kier molecular flexibility index (Phi) is 5.70. The summed E-state index contributed by atoms with van der Waals surface area (Å²) in [6, 6.07) is 0. The molecule has 0 aromatic carbocycles. The lowest BCUT2D eigenvalue weighted by molar-refractivity contribution is -0.178. The Hall–Kier alpha value is -1.20. The maximum Gasteiger partial charge on any atom is 0.348 e. The van der Waals surface area contributed by atoms with Crippen LogP contribution in [0.15, 0.2) is 11.6 Å². The van der Waals surface area contributed by atoms with Gasteiger partial charge in [0, 0.05) is 6.08 Å². The van der Waals surface area contributed by atoms with Crippen molar-refractivity contribution in [2.24, 2.45) is 5.41 Å². The molecule has 0 aliphatic rings. The van der Waals surface area contributed by atoms with E-state index in [9.17, 15) is 14.7 Å². The number of allylic oxidation sites excluding steroid dienone is 1. The van der Waals surface area contributed by atoms with Crippen LogP contribution in [0.3, 0.4) is 0 Å². The molecule has 0 bridgehead atoms. The van der Waals surface area contributed by atoms with Crippen LogP contribution in [0.1, 0.15) is 41.0 Å². The van der Waals surface area contributed by atoms with Crippen molar-refractivity contribution in [1.82, 2.24) is 0 Å². The smallest absolute Gasteiger partial charge is 0.348 e. The maximum absolute atomic E-state index is 11.7. The Morgan fingerprint density at radius 3 is 2.06 bits per heavy atom. The van der Waals surface area contributed by atoms with Gasteiger partial charge in [-0.2, -0.15) is 0 Å². The van der Waals surface area contributed by atoms with Gasteiger partial charge >= 0.3 is 11.9 Å². The van der Waals surface area contributed by atoms with Crippen LogP contribution in [0, 0.1) is 5.41 Å². The van der Waals surface area contributed by atoms with E-state index in [4.69, 9.17) is 5.11 Å². The Bertz CT molecular complexity index is 347. The molecule has 5 nitrogen and oxygen atoms in total. The zero-order chi connectivity index (χ0) is 14.6. The molecule has 0 rings (SSSR count). The topological polar surface area (TPSA) is 83.8 Å². The average molecular weight is 258 g/mol. The molecule has 0 aliphatic carbocycles. The standard InChI is InChI=1S/C13H22O5/c1-9(2)6-10(15)18-11(16)13(17,8-14)7-12(3,4)5/h6,14,17H,7-8H2,1-5H3. The maximum atomic E-state index is 11.7. The molecule has 2 N–H and O–H groups in total. The molecule has 0 heterocycles. The van der Waals surface area contributed by atoms with Crippen LogP contribution in [0.25, 0.3) is 0 Å². The van der Waals surface area contributed by atoms with Crippen molar-refractivity contribution in [3.05, 3.63) is 11.6 Å². The summed E-state index contributed by atoms with van der Waals surface area (Å²) >= 11 is 0. The van der Waals surface area contributed by atoms with Gasteiger partial charge in [-0.25, -0.2) is 9.59 Å². The molecule has 0 amide bonds. The lowest BCUT2D eigenvalue weighted by atomic mass is 9.82. The molecule has 18 heavy (non-hydrogen) atoms. The first kappa shape index (κ1) is 16.8. The van der Waals surface area contributed by atoms with Gasteiger partial charge in [0.05, 0.1) is 6.61 Å². The largest absolute Gasteiger partial charge is 0.393 e. The van der Waals surface area contributed by atoms with Crippen molar-refractivity contribution in [1.29, 1.82) is 0 Å². The fraction of sp³-hybridized carbons (Fsp3) is 0.692. The summed E-state index contributed by atoms with van der Waals surface area (Å²) in [7, 11) is 0. The number of carbonyl (C=O) groups excluding carboxylic acids is 2. The summed E-state index contributed by atoms with van der Waals surface area (Å²) in [5.41, 5.74) is -1.77. The summed E-state index contributed by atoms with van der Waals surface area (Å²) in [6.45, 7) is 7.99. The van der Waals surface area contributed by atoms with Gasteiger partial charge in [-0.15, -0.1) is 0 Å². The number of esters is 2. The molecule has 0 saturated heterocycles. The molecule has 104 valence electrons. The Labute approximate surface area is 107 Å². The molecule has 0 radical (unpaired) electrons. The van der Waals surface area contributed by atoms with E-state index in [1.165, 1.54) is 0 Å². The van der Waals surface area contributed by atoms with E-state index in [1.807, 2.05) is 0 Å². The first-order valence-corrected chi connectivity index (χ1v) is 5.74. The van der Waals surface area contributed by atoms with Crippen LogP contribution in [0.2, 0.25) is 0 Å². The number of ether oxygens (including phenoxy) is 1. The van der Waals surface area contributed by atoms with Crippen molar-refractivity contribution in [3.8, 4) is 0 Å². The van der Waals surface area contributed by atoms with E-state index in [2.05, 4.69) is 4.74 Å². The SMILES string of the molecule is CC(C)=CC(=O)OC(=O)C(O)(CO)CC(C)(C)C. The number of aliphatic hydroxyl groups excluding tert-OH is 1. The molecule has 0 saturated carbocycles. The van der Waals surface area contributed by atoms with Gasteiger partial charge in [0.15, 0.2) is 5.60 Å². The predicted octanol–water partition coefficient (Wildman–Crippen LogP) is 1.18. The van der Waals surface area contributed by atoms with E-state index in [1.54, 1.807) is 34.6 Å². The number of hydrogen-bond acceptors (Lipinski definition) is 5. The molecule has 5 heteroatoms. The molecule has 1 atom stereocenters. The zero-order valence-corrected chi connectivity index (χ0v) is 11.6. The Balaban J connectivity index is 4.82. The van der Waals surface area contributed by atoms with E-state index >= 15 is 0 Å². The lowest BCUT2D eigenvalue weighted by Gasteiger charge is -2.30. The highest BCUT2D eigenvalue weighted by Crippen LogP contribution is 2.28. The van der Waals surface area contributed by atoms with E-state index in [0.29, 0.717) is 5.57 Å². The predicted molar refractivity (Wildman–Crippen MR) is 66.6 cm³/mol. The van der Waals surface area contributed by atoms with Crippen molar-refractivity contribution in [2.45, 2.75) is 46.6 Å². The fourth-order valence-electron chi connectivity index (χ4n) is 1.52. The summed E-state index contributed by atoms with van der Waals surface area (Å²) < 4.78 is 4.50. The third-order valence-electron chi connectivity index (χ3n) is 2.06. The second-order valence-electron chi connectivity index (χ2n) is 5.86. The minimum Gasteiger partial charge on any atom is -0.393 e. The molecule has 0 aromatic heterocycles. The van der Waals surface area contributed by atoms with Gasteiger partial charge in [0.25, 0.3) is 0 Å². The molecule has 0 aromatic rings.